The number of nitrogens with one attached hydrogen (secondary N) is 1. The third kappa shape index (κ3) is 3.53. The summed E-state index contributed by atoms with van der Waals surface area (Å²) in [5, 5.41) is 7.83. The van der Waals surface area contributed by atoms with Gasteiger partial charge < -0.3 is 9.47 Å². The predicted octanol–water partition coefficient (Wildman–Crippen LogP) is 3.70. The molecule has 1 aromatic carbocycles. The van der Waals surface area contributed by atoms with Crippen LogP contribution in [0.1, 0.15) is 34.0 Å². The molecule has 0 spiro atoms. The number of amides is 1. The number of ether oxygens (including phenoxy) is 2. The summed E-state index contributed by atoms with van der Waals surface area (Å²) < 4.78 is 11.1. The lowest BCUT2D eigenvalue weighted by atomic mass is 10.0. The summed E-state index contributed by atoms with van der Waals surface area (Å²) in [5.41, 5.74) is 4.13. The number of aryl methyl sites for hydroxylation is 3. The molecule has 1 amide bonds. The van der Waals surface area contributed by atoms with E-state index in [1.54, 1.807) is 6.92 Å². The Hall–Kier alpha value is -3.42. The largest absolute Gasteiger partial charge is 0.462 e. The molecule has 0 unspecified atom stereocenters. The van der Waals surface area contributed by atoms with Crippen LogP contribution in [0.15, 0.2) is 24.4 Å². The molecule has 0 bridgehead atoms. The van der Waals surface area contributed by atoms with Gasteiger partial charge in [0.25, 0.3) is 0 Å². The van der Waals surface area contributed by atoms with Crippen molar-refractivity contribution in [2.45, 2.75) is 27.7 Å². The van der Waals surface area contributed by atoms with E-state index in [2.05, 4.69) is 27.3 Å². The van der Waals surface area contributed by atoms with Crippen LogP contribution in [0.25, 0.3) is 16.7 Å². The van der Waals surface area contributed by atoms with E-state index < -0.39 is 12.1 Å². The highest BCUT2D eigenvalue weighted by molar-refractivity contribution is 5.99. The van der Waals surface area contributed by atoms with Gasteiger partial charge in [-0.25, -0.2) is 14.6 Å². The molecule has 8 nitrogen and oxygen atoms in total. The van der Waals surface area contributed by atoms with Crippen LogP contribution in [-0.2, 0) is 9.47 Å². The number of carbonyl (C=O) groups excluding carboxylic acids is 2. The molecule has 0 aliphatic heterocycles. The summed E-state index contributed by atoms with van der Waals surface area (Å²) in [7, 11) is 1.24. The zero-order valence-corrected chi connectivity index (χ0v) is 16.5. The van der Waals surface area contributed by atoms with Gasteiger partial charge in [0.2, 0.25) is 0 Å². The first-order valence-corrected chi connectivity index (χ1v) is 8.84. The molecule has 0 saturated heterocycles. The molecule has 8 heteroatoms. The van der Waals surface area contributed by atoms with Crippen molar-refractivity contribution in [1.82, 2.24) is 14.8 Å². The summed E-state index contributed by atoms with van der Waals surface area (Å²) in [6.45, 7) is 7.92. The Morgan fingerprint density at radius 2 is 1.89 bits per heavy atom. The Balaban J connectivity index is 2.20. The van der Waals surface area contributed by atoms with Crippen LogP contribution < -0.4 is 5.32 Å². The van der Waals surface area contributed by atoms with E-state index in [4.69, 9.17) is 9.72 Å². The van der Waals surface area contributed by atoms with Crippen LogP contribution in [0.5, 0.6) is 0 Å². The molecule has 146 valence electrons. The molecule has 0 radical (unpaired) electrons. The maximum Gasteiger partial charge on any atom is 0.412 e. The number of rotatable bonds is 4. The highest BCUT2D eigenvalue weighted by Crippen LogP contribution is 2.27. The quantitative estimate of drug-likeness (QED) is 0.691. The molecule has 0 aliphatic carbocycles. The third-order valence-electron chi connectivity index (χ3n) is 4.33. The minimum absolute atomic E-state index is 0.118. The summed E-state index contributed by atoms with van der Waals surface area (Å²) in [5.74, 6) is 0.0182. The lowest BCUT2D eigenvalue weighted by Crippen LogP contribution is -2.18. The van der Waals surface area contributed by atoms with E-state index in [9.17, 15) is 9.59 Å². The number of benzene rings is 1. The molecule has 1 N–H and O–H groups in total. The van der Waals surface area contributed by atoms with Crippen molar-refractivity contribution < 1.29 is 19.1 Å². The number of anilines is 1. The molecule has 2 heterocycles. The number of hydrogen-bond donors (Lipinski definition) is 1. The molecule has 28 heavy (non-hydrogen) atoms. The number of esters is 1. The van der Waals surface area contributed by atoms with Gasteiger partial charge in [0.15, 0.2) is 11.6 Å². The zero-order valence-electron chi connectivity index (χ0n) is 16.5. The molecular formula is C20H22N4O4. The lowest BCUT2D eigenvalue weighted by molar-refractivity contribution is 0.0527. The first-order chi connectivity index (χ1) is 13.3. The van der Waals surface area contributed by atoms with Crippen molar-refractivity contribution in [2.24, 2.45) is 0 Å². The fraction of sp³-hybridized carbons (Fsp3) is 0.300. The van der Waals surface area contributed by atoms with Crippen molar-refractivity contribution in [2.75, 3.05) is 19.0 Å². The first-order valence-electron chi connectivity index (χ1n) is 8.84. The molecule has 2 aromatic heterocycles. The van der Waals surface area contributed by atoms with Gasteiger partial charge in [-0.1, -0.05) is 11.6 Å². The Morgan fingerprint density at radius 1 is 1.14 bits per heavy atom. The van der Waals surface area contributed by atoms with E-state index in [-0.39, 0.29) is 18.0 Å². The summed E-state index contributed by atoms with van der Waals surface area (Å²) in [6, 6.07) is 5.99. The number of carbonyl (C=O) groups is 2. The van der Waals surface area contributed by atoms with Gasteiger partial charge in [-0.2, -0.15) is 9.78 Å². The Morgan fingerprint density at radius 3 is 2.57 bits per heavy atom. The fourth-order valence-corrected chi connectivity index (χ4v) is 3.08. The Bertz CT molecular complexity index is 1070. The van der Waals surface area contributed by atoms with Gasteiger partial charge in [-0.05, 0) is 51.0 Å². The van der Waals surface area contributed by atoms with Gasteiger partial charge in [0, 0.05) is 5.39 Å². The molecule has 0 saturated carbocycles. The van der Waals surface area contributed by atoms with Crippen LogP contribution in [0.3, 0.4) is 0 Å². The molecule has 3 aromatic rings. The van der Waals surface area contributed by atoms with Crippen LogP contribution >= 0.6 is 0 Å². The lowest BCUT2D eigenvalue weighted by Gasteiger charge is -2.13. The highest BCUT2D eigenvalue weighted by atomic mass is 16.5. The van der Waals surface area contributed by atoms with E-state index >= 15 is 0 Å². The molecular weight excluding hydrogens is 360 g/mol. The maximum absolute atomic E-state index is 12.3. The summed E-state index contributed by atoms with van der Waals surface area (Å²) in [4.78, 5) is 28.8. The number of pyridine rings is 1. The van der Waals surface area contributed by atoms with E-state index in [1.807, 2.05) is 26.8 Å². The number of hydrogen-bond acceptors (Lipinski definition) is 6. The van der Waals surface area contributed by atoms with E-state index in [1.165, 1.54) is 18.0 Å². The summed E-state index contributed by atoms with van der Waals surface area (Å²) >= 11 is 0. The summed E-state index contributed by atoms with van der Waals surface area (Å²) in [6.07, 6.45) is 0.614. The van der Waals surface area contributed by atoms with Crippen LogP contribution in [0.2, 0.25) is 0 Å². The van der Waals surface area contributed by atoms with Gasteiger partial charge in [0.1, 0.15) is 5.56 Å². The fourth-order valence-electron chi connectivity index (χ4n) is 3.08. The van der Waals surface area contributed by atoms with Gasteiger partial charge in [0.05, 0.1) is 25.4 Å². The van der Waals surface area contributed by atoms with Crippen molar-refractivity contribution in [3.05, 3.63) is 46.6 Å². The normalized spacial score (nSPS) is 10.8. The van der Waals surface area contributed by atoms with Crippen molar-refractivity contribution in [3.63, 3.8) is 0 Å². The van der Waals surface area contributed by atoms with Crippen LogP contribution in [-0.4, -0.2) is 40.5 Å². The van der Waals surface area contributed by atoms with Crippen molar-refractivity contribution >= 4 is 28.8 Å². The highest BCUT2D eigenvalue weighted by Gasteiger charge is 2.23. The smallest absolute Gasteiger partial charge is 0.412 e. The molecule has 0 aliphatic rings. The second kappa shape index (κ2) is 7.67. The SMILES string of the molecule is CCOC(=O)c1cnn(-c2cc(C)c3cc(C)cc(C)c3n2)c1NC(=O)OC. The monoisotopic (exact) mass is 382 g/mol. The van der Waals surface area contributed by atoms with Crippen molar-refractivity contribution in [1.29, 1.82) is 0 Å². The Kier molecular flexibility index (Phi) is 5.30. The third-order valence-corrected chi connectivity index (χ3v) is 4.33. The molecule has 0 fully saturated rings. The number of aromatic nitrogens is 3. The van der Waals surface area contributed by atoms with E-state index in [0.29, 0.717) is 5.82 Å². The average Bonchev–Trinajstić information content (AvgIpc) is 3.06. The number of methoxy groups -OCH3 is 1. The van der Waals surface area contributed by atoms with Crippen LogP contribution in [0, 0.1) is 20.8 Å². The second-order valence-electron chi connectivity index (χ2n) is 6.43. The first kappa shape index (κ1) is 19.3. The predicted molar refractivity (Wildman–Crippen MR) is 105 cm³/mol. The van der Waals surface area contributed by atoms with Gasteiger partial charge in [-0.3, -0.25) is 5.32 Å². The second-order valence-corrected chi connectivity index (χ2v) is 6.43. The zero-order chi connectivity index (χ0) is 20.4. The topological polar surface area (TPSA) is 95.3 Å². The number of nitrogens with zero attached hydrogens (tertiary/aromatic N) is 3. The maximum atomic E-state index is 12.3. The van der Waals surface area contributed by atoms with Gasteiger partial charge in [-0.15, -0.1) is 0 Å². The van der Waals surface area contributed by atoms with Crippen LogP contribution in [0.4, 0.5) is 10.6 Å². The minimum Gasteiger partial charge on any atom is -0.462 e. The average molecular weight is 382 g/mol. The molecule has 0 atom stereocenters. The van der Waals surface area contributed by atoms with Gasteiger partial charge >= 0.3 is 12.1 Å². The van der Waals surface area contributed by atoms with Crippen molar-refractivity contribution in [3.8, 4) is 5.82 Å². The van der Waals surface area contributed by atoms with E-state index in [0.717, 1.165) is 27.6 Å². The standard InChI is InChI=1S/C20H22N4O4/c1-6-28-19(25)15-10-21-24(18(15)23-20(26)27-5)16-9-12(3)14-8-11(2)7-13(4)17(14)22-16/h7-10H,6H2,1-5H3,(H,23,26). The Labute approximate surface area is 162 Å². The molecule has 3 rings (SSSR count). The number of fused-ring (bicyclic) bond motifs is 1. The minimum atomic E-state index is -0.725.